The molecule has 0 saturated heterocycles. The molecule has 0 aliphatic carbocycles. The van der Waals surface area contributed by atoms with Gasteiger partial charge in [0.2, 0.25) is 0 Å². The lowest BCUT2D eigenvalue weighted by atomic mass is 10.2. The Bertz CT molecular complexity index is 255. The van der Waals surface area contributed by atoms with Crippen LogP contribution in [-0.2, 0) is 0 Å². The maximum absolute atomic E-state index is 6.94. The van der Waals surface area contributed by atoms with Gasteiger partial charge < -0.3 is 11.1 Å². The van der Waals surface area contributed by atoms with Gasteiger partial charge in [-0.3, -0.25) is 0 Å². The van der Waals surface area contributed by atoms with Crippen molar-refractivity contribution in [2.45, 2.75) is 6.92 Å². The first kappa shape index (κ1) is 6.74. The van der Waals surface area contributed by atoms with E-state index in [1.807, 2.05) is 13.0 Å². The summed E-state index contributed by atoms with van der Waals surface area (Å²) in [5, 5.41) is 6.94. The molecule has 0 aromatic carbocycles. The average molecular weight is 135 g/mol. The van der Waals surface area contributed by atoms with Gasteiger partial charge in [-0.2, -0.15) is 0 Å². The summed E-state index contributed by atoms with van der Waals surface area (Å²) in [7, 11) is 0. The van der Waals surface area contributed by atoms with Crippen LogP contribution in [0.5, 0.6) is 0 Å². The van der Waals surface area contributed by atoms with E-state index >= 15 is 0 Å². The predicted molar refractivity (Wildman–Crippen MR) is 41.3 cm³/mol. The van der Waals surface area contributed by atoms with Gasteiger partial charge in [-0.05, 0) is 18.6 Å². The van der Waals surface area contributed by atoms with Gasteiger partial charge >= 0.3 is 0 Å². The summed E-state index contributed by atoms with van der Waals surface area (Å²) in [5.41, 5.74) is 7.14. The summed E-state index contributed by atoms with van der Waals surface area (Å²) in [4.78, 5) is 3.88. The summed E-state index contributed by atoms with van der Waals surface area (Å²) in [6.45, 7) is 1.92. The van der Waals surface area contributed by atoms with Gasteiger partial charge in [0.25, 0.3) is 0 Å². The summed E-state index contributed by atoms with van der Waals surface area (Å²) in [5.74, 6) is 0.417. The van der Waals surface area contributed by atoms with Crippen molar-refractivity contribution in [2.24, 2.45) is 0 Å². The molecule has 3 N–H and O–H groups in total. The number of aromatic nitrogens is 1. The van der Waals surface area contributed by atoms with Crippen molar-refractivity contribution in [3.8, 4) is 0 Å². The Kier molecular flexibility index (Phi) is 1.67. The lowest BCUT2D eigenvalue weighted by Crippen LogP contribution is -1.96. The van der Waals surface area contributed by atoms with Gasteiger partial charge in [-0.15, -0.1) is 0 Å². The Balaban J connectivity index is 3.21. The highest BCUT2D eigenvalue weighted by molar-refractivity contribution is 5.83. The van der Waals surface area contributed by atoms with Crippen molar-refractivity contribution < 1.29 is 0 Å². The predicted octanol–water partition coefficient (Wildman–Crippen LogP) is 0.970. The van der Waals surface area contributed by atoms with Crippen molar-refractivity contribution in [1.82, 2.24) is 4.98 Å². The second kappa shape index (κ2) is 2.47. The first-order chi connectivity index (χ1) is 4.74. The van der Waals surface area contributed by atoms with Crippen LogP contribution >= 0.6 is 0 Å². The lowest BCUT2D eigenvalue weighted by molar-refractivity contribution is 1.27. The van der Waals surface area contributed by atoms with Crippen LogP contribution in [0.2, 0.25) is 0 Å². The highest BCUT2D eigenvalue weighted by Crippen LogP contribution is 2.06. The highest BCUT2D eigenvalue weighted by Gasteiger charge is 1.94. The normalized spacial score (nSPS) is 9.30. The molecular formula is C7H9N3. The number of nitrogens with one attached hydrogen (secondary N) is 1. The molecule has 10 heavy (non-hydrogen) atoms. The summed E-state index contributed by atoms with van der Waals surface area (Å²) < 4.78 is 0. The van der Waals surface area contributed by atoms with Crippen LogP contribution in [0.4, 0.5) is 5.82 Å². The van der Waals surface area contributed by atoms with Crippen LogP contribution in [-0.4, -0.2) is 11.2 Å². The number of aryl methyl sites for hydroxylation is 1. The number of nitrogens with two attached hydrogens (primary N) is 1. The van der Waals surface area contributed by atoms with E-state index in [2.05, 4.69) is 4.98 Å². The van der Waals surface area contributed by atoms with E-state index in [-0.39, 0.29) is 0 Å². The number of rotatable bonds is 1. The molecule has 0 atom stereocenters. The van der Waals surface area contributed by atoms with Gasteiger partial charge in [0, 0.05) is 18.0 Å². The highest BCUT2D eigenvalue weighted by atomic mass is 14.8. The minimum atomic E-state index is 0.417. The zero-order valence-electron chi connectivity index (χ0n) is 5.76. The summed E-state index contributed by atoms with van der Waals surface area (Å²) in [6.07, 6.45) is 2.89. The Hall–Kier alpha value is -1.38. The van der Waals surface area contributed by atoms with E-state index in [0.29, 0.717) is 11.4 Å². The van der Waals surface area contributed by atoms with E-state index in [1.165, 1.54) is 6.21 Å². The third kappa shape index (κ3) is 1.13. The van der Waals surface area contributed by atoms with Crippen LogP contribution < -0.4 is 5.73 Å². The minimum Gasteiger partial charge on any atom is -0.383 e. The molecule has 1 rings (SSSR count). The van der Waals surface area contributed by atoms with E-state index in [1.54, 1.807) is 6.20 Å². The molecule has 1 heterocycles. The molecule has 0 unspecified atom stereocenters. The monoisotopic (exact) mass is 135 g/mol. The third-order valence-corrected chi connectivity index (χ3v) is 1.24. The number of hydrogen-bond acceptors (Lipinski definition) is 3. The molecular weight excluding hydrogens is 126 g/mol. The van der Waals surface area contributed by atoms with Crippen LogP contribution in [0.1, 0.15) is 11.1 Å². The molecule has 52 valence electrons. The molecule has 0 aliphatic heterocycles. The van der Waals surface area contributed by atoms with Crippen molar-refractivity contribution in [2.75, 3.05) is 5.73 Å². The molecule has 1 aromatic rings. The fourth-order valence-electron chi connectivity index (χ4n) is 0.718. The second-order valence-corrected chi connectivity index (χ2v) is 2.13. The van der Waals surface area contributed by atoms with Crippen LogP contribution in [0.15, 0.2) is 12.3 Å². The number of anilines is 1. The summed E-state index contributed by atoms with van der Waals surface area (Å²) >= 11 is 0. The van der Waals surface area contributed by atoms with Gasteiger partial charge in [0.15, 0.2) is 0 Å². The number of nitrogen functional groups attached to an aromatic ring is 1. The Morgan fingerprint density at radius 3 is 2.90 bits per heavy atom. The average Bonchev–Trinajstić information content (AvgIpc) is 1.94. The maximum Gasteiger partial charge on any atom is 0.132 e. The topological polar surface area (TPSA) is 62.8 Å². The maximum atomic E-state index is 6.94. The molecule has 0 spiro atoms. The van der Waals surface area contributed by atoms with E-state index < -0.39 is 0 Å². The molecule has 0 radical (unpaired) electrons. The molecule has 0 amide bonds. The number of nitrogens with zero attached hydrogens (tertiary/aromatic N) is 1. The third-order valence-electron chi connectivity index (χ3n) is 1.24. The Morgan fingerprint density at radius 1 is 1.70 bits per heavy atom. The number of pyridine rings is 1. The Labute approximate surface area is 59.4 Å². The van der Waals surface area contributed by atoms with Crippen molar-refractivity contribution in [3.05, 3.63) is 23.4 Å². The van der Waals surface area contributed by atoms with Crippen molar-refractivity contribution >= 4 is 12.0 Å². The molecule has 0 saturated carbocycles. The number of hydrogen-bond donors (Lipinski definition) is 2. The molecule has 0 bridgehead atoms. The lowest BCUT2D eigenvalue weighted by Gasteiger charge is -1.97. The van der Waals surface area contributed by atoms with E-state index in [0.717, 1.165) is 5.56 Å². The van der Waals surface area contributed by atoms with E-state index in [4.69, 9.17) is 11.1 Å². The SMILES string of the molecule is Cc1cnc(N)c(C=N)c1. The minimum absolute atomic E-state index is 0.417. The van der Waals surface area contributed by atoms with Gasteiger partial charge in [-0.1, -0.05) is 0 Å². The largest absolute Gasteiger partial charge is 0.383 e. The second-order valence-electron chi connectivity index (χ2n) is 2.13. The molecule has 3 heteroatoms. The van der Waals surface area contributed by atoms with Gasteiger partial charge in [-0.25, -0.2) is 4.98 Å². The zero-order chi connectivity index (χ0) is 7.56. The van der Waals surface area contributed by atoms with Crippen molar-refractivity contribution in [3.63, 3.8) is 0 Å². The van der Waals surface area contributed by atoms with Gasteiger partial charge in [0.1, 0.15) is 5.82 Å². The fraction of sp³-hybridized carbons (Fsp3) is 0.143. The van der Waals surface area contributed by atoms with Gasteiger partial charge in [0.05, 0.1) is 0 Å². The van der Waals surface area contributed by atoms with E-state index in [9.17, 15) is 0 Å². The summed E-state index contributed by atoms with van der Waals surface area (Å²) in [6, 6.07) is 1.83. The smallest absolute Gasteiger partial charge is 0.132 e. The Morgan fingerprint density at radius 2 is 2.40 bits per heavy atom. The first-order valence-corrected chi connectivity index (χ1v) is 2.96. The van der Waals surface area contributed by atoms with Crippen LogP contribution in [0.3, 0.4) is 0 Å². The zero-order valence-corrected chi connectivity index (χ0v) is 5.76. The fourth-order valence-corrected chi connectivity index (χ4v) is 0.718. The van der Waals surface area contributed by atoms with Crippen LogP contribution in [0.25, 0.3) is 0 Å². The van der Waals surface area contributed by atoms with Crippen molar-refractivity contribution in [1.29, 1.82) is 5.41 Å². The molecule has 1 aromatic heterocycles. The molecule has 0 fully saturated rings. The molecule has 0 aliphatic rings. The standard InChI is InChI=1S/C7H9N3/c1-5-2-6(3-8)7(9)10-4-5/h2-4,8H,1H3,(H2,9,10). The van der Waals surface area contributed by atoms with Crippen LogP contribution in [0, 0.1) is 12.3 Å². The first-order valence-electron chi connectivity index (χ1n) is 2.96. The quantitative estimate of drug-likeness (QED) is 0.563. The molecule has 3 nitrogen and oxygen atoms in total.